The summed E-state index contributed by atoms with van der Waals surface area (Å²) >= 11 is 0. The molecule has 148 valence electrons. The molecule has 1 atom stereocenters. The Morgan fingerprint density at radius 1 is 1.08 bits per heavy atom. The lowest BCUT2D eigenvalue weighted by Crippen LogP contribution is -2.57. The Labute approximate surface area is 164 Å². The van der Waals surface area contributed by atoms with Gasteiger partial charge in [0.05, 0.1) is 0 Å². The van der Waals surface area contributed by atoms with Crippen LogP contribution in [0.4, 0.5) is 13.2 Å². The van der Waals surface area contributed by atoms with Crippen molar-refractivity contribution in [2.45, 2.75) is 33.0 Å². The van der Waals surface area contributed by atoms with Crippen LogP contribution in [0.3, 0.4) is 0 Å². The fraction of sp³-hybridized carbons (Fsp3) is 0.867. The first-order valence-electron chi connectivity index (χ1n) is 8.21. The summed E-state index contributed by atoms with van der Waals surface area (Å²) in [6, 6.07) is -1.43. The third-order valence-electron chi connectivity index (χ3n) is 4.08. The number of piperazine rings is 1. The average molecular weight is 479 g/mol. The number of rotatable bonds is 5. The maximum atomic E-state index is 12.8. The molecule has 0 radical (unpaired) electrons. The zero-order valence-corrected chi connectivity index (χ0v) is 17.5. The third kappa shape index (κ3) is 7.97. The van der Waals surface area contributed by atoms with Crippen LogP contribution < -0.4 is 10.6 Å². The third-order valence-corrected chi connectivity index (χ3v) is 4.08. The van der Waals surface area contributed by atoms with Crippen molar-refractivity contribution in [2.24, 2.45) is 10.9 Å². The zero-order chi connectivity index (χ0) is 18.3. The molecule has 25 heavy (non-hydrogen) atoms. The fourth-order valence-electron chi connectivity index (χ4n) is 2.42. The number of nitrogens with zero attached hydrogens (tertiary/aromatic N) is 3. The molecule has 1 amide bonds. The number of nitrogens with one attached hydrogen (secondary N) is 2. The molecule has 1 saturated heterocycles. The van der Waals surface area contributed by atoms with E-state index in [4.69, 9.17) is 0 Å². The number of halogens is 4. The van der Waals surface area contributed by atoms with Crippen molar-refractivity contribution in [2.75, 3.05) is 46.3 Å². The maximum Gasteiger partial charge on any atom is 0.403 e. The molecule has 2 N–H and O–H groups in total. The Hall–Kier alpha value is -0.780. The van der Waals surface area contributed by atoms with E-state index in [1.54, 1.807) is 7.05 Å². The normalized spacial score (nSPS) is 17.9. The van der Waals surface area contributed by atoms with Crippen molar-refractivity contribution in [3.8, 4) is 0 Å². The molecule has 1 heterocycles. The van der Waals surface area contributed by atoms with Gasteiger partial charge in [0, 0.05) is 52.2 Å². The summed E-state index contributed by atoms with van der Waals surface area (Å²) in [5.74, 6) is 0.572. The van der Waals surface area contributed by atoms with Crippen molar-refractivity contribution < 1.29 is 18.0 Å². The highest BCUT2D eigenvalue weighted by Crippen LogP contribution is 2.25. The van der Waals surface area contributed by atoms with Crippen molar-refractivity contribution in [3.05, 3.63) is 0 Å². The molecule has 10 heteroatoms. The molecule has 1 unspecified atom stereocenters. The highest BCUT2D eigenvalue weighted by atomic mass is 127. The standard InChI is InChI=1S/C15H28F3N5O.HI/c1-11(2)13(24)20-5-6-21-14(19-4)23-9-7-22(8-10-23)12(3)15(16,17)18;/h11-12H,5-10H2,1-4H3,(H,19,21)(H,20,24);1H. The summed E-state index contributed by atoms with van der Waals surface area (Å²) in [6.07, 6.45) is -4.20. The van der Waals surface area contributed by atoms with Crippen molar-refractivity contribution in [1.82, 2.24) is 20.4 Å². The first-order valence-corrected chi connectivity index (χ1v) is 8.21. The Kier molecular flexibility index (Phi) is 10.7. The lowest BCUT2D eigenvalue weighted by atomic mass is 10.2. The second-order valence-electron chi connectivity index (χ2n) is 6.16. The minimum Gasteiger partial charge on any atom is -0.354 e. The van der Waals surface area contributed by atoms with Crippen LogP contribution in [0, 0.1) is 5.92 Å². The van der Waals surface area contributed by atoms with Crippen LogP contribution in [0.2, 0.25) is 0 Å². The van der Waals surface area contributed by atoms with Gasteiger partial charge in [0.1, 0.15) is 6.04 Å². The molecule has 0 aromatic heterocycles. The molecular weight excluding hydrogens is 450 g/mol. The topological polar surface area (TPSA) is 60.0 Å². The average Bonchev–Trinajstić information content (AvgIpc) is 2.53. The van der Waals surface area contributed by atoms with Crippen LogP contribution in [0.1, 0.15) is 20.8 Å². The van der Waals surface area contributed by atoms with Gasteiger partial charge in [0.25, 0.3) is 0 Å². The largest absolute Gasteiger partial charge is 0.403 e. The van der Waals surface area contributed by atoms with Crippen molar-refractivity contribution in [3.63, 3.8) is 0 Å². The Morgan fingerprint density at radius 2 is 1.60 bits per heavy atom. The molecule has 1 aliphatic heterocycles. The second-order valence-corrected chi connectivity index (χ2v) is 6.16. The van der Waals surface area contributed by atoms with Crippen LogP contribution >= 0.6 is 24.0 Å². The summed E-state index contributed by atoms with van der Waals surface area (Å²) in [4.78, 5) is 19.0. The van der Waals surface area contributed by atoms with E-state index < -0.39 is 12.2 Å². The molecule has 1 aliphatic rings. The Morgan fingerprint density at radius 3 is 2.04 bits per heavy atom. The van der Waals surface area contributed by atoms with Gasteiger partial charge in [0.2, 0.25) is 5.91 Å². The highest BCUT2D eigenvalue weighted by Gasteiger charge is 2.41. The lowest BCUT2D eigenvalue weighted by Gasteiger charge is -2.39. The fourth-order valence-corrected chi connectivity index (χ4v) is 2.42. The van der Waals surface area contributed by atoms with Gasteiger partial charge in [-0.25, -0.2) is 0 Å². The quantitative estimate of drug-likeness (QED) is 0.272. The number of hydrogen-bond acceptors (Lipinski definition) is 3. The van der Waals surface area contributed by atoms with E-state index in [9.17, 15) is 18.0 Å². The summed E-state index contributed by atoms with van der Waals surface area (Å²) in [6.45, 7) is 7.48. The molecule has 1 rings (SSSR count). The number of carbonyl (C=O) groups excluding carboxylic acids is 1. The van der Waals surface area contributed by atoms with E-state index in [0.29, 0.717) is 45.2 Å². The van der Waals surface area contributed by atoms with Crippen molar-refractivity contribution >= 4 is 35.8 Å². The number of guanidine groups is 1. The Balaban J connectivity index is 0.00000576. The van der Waals surface area contributed by atoms with Gasteiger partial charge in [-0.05, 0) is 6.92 Å². The van der Waals surface area contributed by atoms with E-state index in [1.807, 2.05) is 18.7 Å². The number of amides is 1. The van der Waals surface area contributed by atoms with Gasteiger partial charge >= 0.3 is 6.18 Å². The SMILES string of the molecule is CN=C(NCCNC(=O)C(C)C)N1CCN(C(C)C(F)(F)F)CC1.I. The van der Waals surface area contributed by atoms with E-state index in [1.165, 1.54) is 11.8 Å². The summed E-state index contributed by atoms with van der Waals surface area (Å²) in [7, 11) is 1.64. The predicted octanol–water partition coefficient (Wildman–Crippen LogP) is 1.52. The second kappa shape index (κ2) is 11.0. The van der Waals surface area contributed by atoms with Gasteiger partial charge < -0.3 is 15.5 Å². The van der Waals surface area contributed by atoms with E-state index in [-0.39, 0.29) is 35.8 Å². The maximum absolute atomic E-state index is 12.8. The van der Waals surface area contributed by atoms with E-state index >= 15 is 0 Å². The highest BCUT2D eigenvalue weighted by molar-refractivity contribution is 14.0. The minimum absolute atomic E-state index is 0. The van der Waals surface area contributed by atoms with E-state index in [0.717, 1.165) is 0 Å². The first-order chi connectivity index (χ1) is 11.2. The molecule has 0 saturated carbocycles. The minimum atomic E-state index is -4.20. The van der Waals surface area contributed by atoms with Gasteiger partial charge in [0.15, 0.2) is 5.96 Å². The monoisotopic (exact) mass is 479 g/mol. The number of hydrogen-bond donors (Lipinski definition) is 2. The Bertz CT molecular complexity index is 437. The number of aliphatic imine (C=N–C) groups is 1. The molecular formula is C15H29F3IN5O. The lowest BCUT2D eigenvalue weighted by molar-refractivity contribution is -0.181. The number of alkyl halides is 3. The van der Waals surface area contributed by atoms with Crippen LogP contribution in [0.25, 0.3) is 0 Å². The summed E-state index contributed by atoms with van der Waals surface area (Å²) in [5.41, 5.74) is 0. The molecule has 0 aliphatic carbocycles. The first kappa shape index (κ1) is 24.2. The van der Waals surface area contributed by atoms with Crippen LogP contribution in [-0.2, 0) is 4.79 Å². The molecule has 1 fully saturated rings. The summed E-state index contributed by atoms with van der Waals surface area (Å²) in [5, 5.41) is 5.92. The van der Waals surface area contributed by atoms with Gasteiger partial charge in [-0.3, -0.25) is 14.7 Å². The molecule has 6 nitrogen and oxygen atoms in total. The smallest absolute Gasteiger partial charge is 0.354 e. The van der Waals surface area contributed by atoms with Crippen molar-refractivity contribution in [1.29, 1.82) is 0 Å². The predicted molar refractivity (Wildman–Crippen MR) is 103 cm³/mol. The van der Waals surface area contributed by atoms with Gasteiger partial charge in [-0.15, -0.1) is 24.0 Å². The molecule has 0 aromatic rings. The summed E-state index contributed by atoms with van der Waals surface area (Å²) < 4.78 is 38.3. The molecule has 0 aromatic carbocycles. The van der Waals surface area contributed by atoms with Gasteiger partial charge in [-0.2, -0.15) is 13.2 Å². The van der Waals surface area contributed by atoms with Gasteiger partial charge in [-0.1, -0.05) is 13.8 Å². The van der Waals surface area contributed by atoms with E-state index in [2.05, 4.69) is 15.6 Å². The molecule has 0 bridgehead atoms. The number of carbonyl (C=O) groups is 1. The van der Waals surface area contributed by atoms with Crippen LogP contribution in [0.5, 0.6) is 0 Å². The van der Waals surface area contributed by atoms with Crippen LogP contribution in [-0.4, -0.2) is 80.2 Å². The zero-order valence-electron chi connectivity index (χ0n) is 15.2. The molecule has 0 spiro atoms. The van der Waals surface area contributed by atoms with Crippen LogP contribution in [0.15, 0.2) is 4.99 Å².